The van der Waals surface area contributed by atoms with Crippen molar-refractivity contribution in [2.75, 3.05) is 39.4 Å². The fourth-order valence-electron chi connectivity index (χ4n) is 3.22. The molecule has 1 N–H and O–H groups in total. The zero-order valence-electron chi connectivity index (χ0n) is 13.7. The quantitative estimate of drug-likeness (QED) is 0.848. The largest absolute Gasteiger partial charge is 0.392 e. The molecule has 2 atom stereocenters. The second kappa shape index (κ2) is 7.68. The first kappa shape index (κ1) is 18.1. The summed E-state index contributed by atoms with van der Waals surface area (Å²) < 4.78 is 19.2. The highest BCUT2D eigenvalue weighted by atomic mass is 35.5. The Balaban J connectivity index is 1.74. The van der Waals surface area contributed by atoms with Crippen molar-refractivity contribution in [2.24, 2.45) is 5.92 Å². The molecule has 2 aliphatic rings. The zero-order chi connectivity index (χ0) is 18.0. The lowest BCUT2D eigenvalue weighted by molar-refractivity contribution is -0.145. The third-order valence-electron chi connectivity index (χ3n) is 4.66. The molecular formula is C17H20ClFN2O4. The maximum absolute atomic E-state index is 14.0. The van der Waals surface area contributed by atoms with Crippen LogP contribution in [0.2, 0.25) is 5.02 Å². The van der Waals surface area contributed by atoms with Gasteiger partial charge in [-0.1, -0.05) is 11.6 Å². The van der Waals surface area contributed by atoms with Crippen LogP contribution in [0.5, 0.6) is 0 Å². The van der Waals surface area contributed by atoms with E-state index in [4.69, 9.17) is 16.3 Å². The van der Waals surface area contributed by atoms with Crippen LogP contribution < -0.4 is 0 Å². The number of rotatable bonds is 2. The van der Waals surface area contributed by atoms with E-state index < -0.39 is 23.7 Å². The number of likely N-dealkylation sites (tertiary alicyclic amines) is 1. The summed E-state index contributed by atoms with van der Waals surface area (Å²) in [4.78, 5) is 28.3. The van der Waals surface area contributed by atoms with E-state index in [9.17, 15) is 19.1 Å². The van der Waals surface area contributed by atoms with Crippen LogP contribution >= 0.6 is 11.6 Å². The van der Waals surface area contributed by atoms with Crippen molar-refractivity contribution >= 4 is 23.4 Å². The van der Waals surface area contributed by atoms with Crippen LogP contribution in [0.1, 0.15) is 16.8 Å². The molecule has 0 unspecified atom stereocenters. The molecule has 0 bridgehead atoms. The Bertz CT molecular complexity index is 666. The molecule has 2 amide bonds. The van der Waals surface area contributed by atoms with Gasteiger partial charge in [-0.25, -0.2) is 4.39 Å². The molecule has 1 aromatic rings. The molecule has 3 rings (SSSR count). The second-order valence-corrected chi connectivity index (χ2v) is 6.71. The lowest BCUT2D eigenvalue weighted by Gasteiger charge is -2.38. The maximum Gasteiger partial charge on any atom is 0.256 e. The molecule has 0 spiro atoms. The van der Waals surface area contributed by atoms with Crippen LogP contribution in [0.15, 0.2) is 18.2 Å². The molecule has 0 radical (unpaired) electrons. The molecule has 1 aromatic carbocycles. The number of benzene rings is 1. The number of aliphatic hydroxyl groups is 1. The van der Waals surface area contributed by atoms with E-state index in [1.54, 1.807) is 4.90 Å². The monoisotopic (exact) mass is 370 g/mol. The third kappa shape index (κ3) is 3.94. The smallest absolute Gasteiger partial charge is 0.256 e. The van der Waals surface area contributed by atoms with Gasteiger partial charge in [-0.2, -0.15) is 0 Å². The number of morpholine rings is 1. The Morgan fingerprint density at radius 1 is 1.20 bits per heavy atom. The second-order valence-electron chi connectivity index (χ2n) is 6.28. The van der Waals surface area contributed by atoms with Crippen molar-refractivity contribution < 1.29 is 23.8 Å². The molecule has 136 valence electrons. The number of carbonyl (C=O) groups is 2. The van der Waals surface area contributed by atoms with Gasteiger partial charge in [0.05, 0.1) is 30.8 Å². The highest BCUT2D eigenvalue weighted by Crippen LogP contribution is 2.24. The summed E-state index contributed by atoms with van der Waals surface area (Å²) in [5, 5.41) is 10.5. The number of carbonyl (C=O) groups excluding carboxylic acids is 2. The van der Waals surface area contributed by atoms with Crippen LogP contribution in [-0.2, 0) is 9.53 Å². The van der Waals surface area contributed by atoms with Gasteiger partial charge in [-0.05, 0) is 24.6 Å². The number of amides is 2. The Kier molecular flexibility index (Phi) is 5.56. The molecule has 6 nitrogen and oxygen atoms in total. The lowest BCUT2D eigenvalue weighted by Crippen LogP contribution is -2.54. The van der Waals surface area contributed by atoms with Gasteiger partial charge in [0.1, 0.15) is 5.82 Å². The number of aliphatic hydroxyl groups excluding tert-OH is 1. The Hall–Kier alpha value is -1.70. The summed E-state index contributed by atoms with van der Waals surface area (Å²) in [5.74, 6) is -2.08. The predicted octanol–water partition coefficient (Wildman–Crippen LogP) is 1.16. The zero-order valence-corrected chi connectivity index (χ0v) is 14.4. The fraction of sp³-hybridized carbons (Fsp3) is 0.529. The third-order valence-corrected chi connectivity index (χ3v) is 4.90. The van der Waals surface area contributed by atoms with Crippen LogP contribution in [0.3, 0.4) is 0 Å². The van der Waals surface area contributed by atoms with E-state index >= 15 is 0 Å². The molecule has 0 saturated carbocycles. The molecule has 2 heterocycles. The number of hydrogen-bond acceptors (Lipinski definition) is 4. The topological polar surface area (TPSA) is 70.1 Å². The van der Waals surface area contributed by atoms with Crippen LogP contribution in [0, 0.1) is 11.7 Å². The average Bonchev–Trinajstić information content (AvgIpc) is 2.63. The molecule has 0 aliphatic carbocycles. The van der Waals surface area contributed by atoms with E-state index in [1.807, 2.05) is 0 Å². The lowest BCUT2D eigenvalue weighted by atomic mass is 9.92. The molecule has 25 heavy (non-hydrogen) atoms. The average molecular weight is 371 g/mol. The Morgan fingerprint density at radius 3 is 2.64 bits per heavy atom. The summed E-state index contributed by atoms with van der Waals surface area (Å²) in [6.45, 7) is 2.19. The van der Waals surface area contributed by atoms with Crippen molar-refractivity contribution in [2.45, 2.75) is 12.5 Å². The minimum absolute atomic E-state index is 0.0577. The summed E-state index contributed by atoms with van der Waals surface area (Å²) in [7, 11) is 0. The van der Waals surface area contributed by atoms with Gasteiger partial charge in [0, 0.05) is 31.2 Å². The molecule has 2 saturated heterocycles. The first-order chi connectivity index (χ1) is 12.0. The summed E-state index contributed by atoms with van der Waals surface area (Å²) in [6, 6.07) is 3.80. The summed E-state index contributed by atoms with van der Waals surface area (Å²) >= 11 is 5.85. The molecule has 8 heteroatoms. The van der Waals surface area contributed by atoms with Gasteiger partial charge in [0.2, 0.25) is 5.91 Å². The van der Waals surface area contributed by atoms with Crippen molar-refractivity contribution in [3.8, 4) is 0 Å². The van der Waals surface area contributed by atoms with Crippen molar-refractivity contribution in [1.82, 2.24) is 9.80 Å². The molecule has 0 aromatic heterocycles. The maximum atomic E-state index is 14.0. The fourth-order valence-corrected chi connectivity index (χ4v) is 3.39. The Labute approximate surface area is 150 Å². The van der Waals surface area contributed by atoms with Crippen LogP contribution in [0.4, 0.5) is 4.39 Å². The number of piperidine rings is 1. The van der Waals surface area contributed by atoms with E-state index in [2.05, 4.69) is 0 Å². The minimum Gasteiger partial charge on any atom is -0.392 e. The summed E-state index contributed by atoms with van der Waals surface area (Å²) in [5.41, 5.74) is -0.124. The van der Waals surface area contributed by atoms with Gasteiger partial charge in [0.15, 0.2) is 0 Å². The van der Waals surface area contributed by atoms with Gasteiger partial charge in [0.25, 0.3) is 5.91 Å². The standard InChI is InChI=1S/C17H20ClFN2O4/c18-11-1-2-14(19)12(9-11)16(23)21-4-3-15(22)13(10-21)17(24)20-5-7-25-8-6-20/h1-2,9,13,15,22H,3-8,10H2/t13-,15+/m0/s1. The highest BCUT2D eigenvalue weighted by molar-refractivity contribution is 6.31. The van der Waals surface area contributed by atoms with Gasteiger partial charge in [-0.15, -0.1) is 0 Å². The number of nitrogens with zero attached hydrogens (tertiary/aromatic N) is 2. The first-order valence-corrected chi connectivity index (χ1v) is 8.64. The van der Waals surface area contributed by atoms with Crippen molar-refractivity contribution in [1.29, 1.82) is 0 Å². The van der Waals surface area contributed by atoms with Gasteiger partial charge in [-0.3, -0.25) is 9.59 Å². The SMILES string of the molecule is O=C(c1cc(Cl)ccc1F)N1CC[C@@H](O)[C@@H](C(=O)N2CCOCC2)C1. The molecule has 2 fully saturated rings. The van der Waals surface area contributed by atoms with E-state index in [0.717, 1.165) is 6.07 Å². The normalized spacial score (nSPS) is 24.3. The van der Waals surface area contributed by atoms with Crippen LogP contribution in [-0.4, -0.2) is 72.2 Å². The number of halogens is 2. The van der Waals surface area contributed by atoms with Crippen LogP contribution in [0.25, 0.3) is 0 Å². The summed E-state index contributed by atoms with van der Waals surface area (Å²) in [6.07, 6.45) is -0.544. The minimum atomic E-state index is -0.816. The highest BCUT2D eigenvalue weighted by Gasteiger charge is 2.38. The van der Waals surface area contributed by atoms with Crippen molar-refractivity contribution in [3.05, 3.63) is 34.6 Å². The van der Waals surface area contributed by atoms with Crippen molar-refractivity contribution in [3.63, 3.8) is 0 Å². The van der Waals surface area contributed by atoms with E-state index in [-0.39, 0.29) is 36.0 Å². The Morgan fingerprint density at radius 2 is 1.92 bits per heavy atom. The predicted molar refractivity (Wildman–Crippen MR) is 88.8 cm³/mol. The molecular weight excluding hydrogens is 351 g/mol. The number of ether oxygens (including phenoxy) is 1. The first-order valence-electron chi connectivity index (χ1n) is 8.26. The number of hydrogen-bond donors (Lipinski definition) is 1. The molecule has 2 aliphatic heterocycles. The van der Waals surface area contributed by atoms with E-state index in [0.29, 0.717) is 26.3 Å². The van der Waals surface area contributed by atoms with Gasteiger partial charge < -0.3 is 19.6 Å². The van der Waals surface area contributed by atoms with E-state index in [1.165, 1.54) is 17.0 Å². The van der Waals surface area contributed by atoms with Gasteiger partial charge >= 0.3 is 0 Å².